The van der Waals surface area contributed by atoms with Crippen molar-refractivity contribution < 1.29 is 4.79 Å². The Hall–Kier alpha value is -0.0800. The van der Waals surface area contributed by atoms with Gasteiger partial charge < -0.3 is 5.32 Å². The molecule has 1 saturated carbocycles. The van der Waals surface area contributed by atoms with Gasteiger partial charge in [-0.15, -0.1) is 12.4 Å². The van der Waals surface area contributed by atoms with Crippen molar-refractivity contribution in [2.24, 2.45) is 11.8 Å². The number of carbonyl (C=O) groups excluding carboxylic acids is 1. The minimum atomic E-state index is 0. The van der Waals surface area contributed by atoms with Gasteiger partial charge >= 0.3 is 0 Å². The highest BCUT2D eigenvalue weighted by molar-refractivity contribution is 5.88. The predicted molar refractivity (Wildman–Crippen MR) is 36.7 cm³/mol. The molecule has 3 heteroatoms. The van der Waals surface area contributed by atoms with Crippen LogP contribution in [0.2, 0.25) is 0 Å². The minimum Gasteiger partial charge on any atom is -0.316 e. The zero-order valence-electron chi connectivity index (χ0n) is 5.09. The van der Waals surface area contributed by atoms with Crippen LogP contribution in [0.5, 0.6) is 0 Å². The summed E-state index contributed by atoms with van der Waals surface area (Å²) >= 11 is 0. The van der Waals surface area contributed by atoms with Crippen LogP contribution in [0, 0.1) is 11.8 Å². The summed E-state index contributed by atoms with van der Waals surface area (Å²) in [7, 11) is 0. The number of hydrogen-bond donors (Lipinski definition) is 1. The summed E-state index contributed by atoms with van der Waals surface area (Å²) < 4.78 is 0. The predicted octanol–water partition coefficient (Wildman–Crippen LogP) is 0.217. The second-order valence-electron chi connectivity index (χ2n) is 2.70. The first-order chi connectivity index (χ1) is 3.88. The first-order valence-corrected chi connectivity index (χ1v) is 3.11. The number of nitrogens with one attached hydrogen (secondary N) is 1. The van der Waals surface area contributed by atoms with Crippen molar-refractivity contribution in [2.75, 3.05) is 13.1 Å². The lowest BCUT2D eigenvalue weighted by molar-refractivity contribution is -0.131. The summed E-state index contributed by atoms with van der Waals surface area (Å²) in [4.78, 5) is 10.7. The lowest BCUT2D eigenvalue weighted by Crippen LogP contribution is -2.35. The van der Waals surface area contributed by atoms with Gasteiger partial charge in [0, 0.05) is 18.9 Å². The van der Waals surface area contributed by atoms with Crippen molar-refractivity contribution in [2.45, 2.75) is 6.42 Å². The summed E-state index contributed by atoms with van der Waals surface area (Å²) in [5, 5.41) is 3.19. The van der Waals surface area contributed by atoms with Gasteiger partial charge in [0.05, 0.1) is 0 Å². The first-order valence-electron chi connectivity index (χ1n) is 3.11. The monoisotopic (exact) mass is 147 g/mol. The largest absolute Gasteiger partial charge is 0.316 e. The van der Waals surface area contributed by atoms with Crippen molar-refractivity contribution in [1.29, 1.82) is 0 Å². The molecule has 0 radical (unpaired) electrons. The summed E-state index contributed by atoms with van der Waals surface area (Å²) in [6.45, 7) is 2.03. The van der Waals surface area contributed by atoms with Crippen LogP contribution in [-0.2, 0) is 4.79 Å². The van der Waals surface area contributed by atoms with Gasteiger partial charge in [0.25, 0.3) is 0 Å². The fourth-order valence-electron chi connectivity index (χ4n) is 1.57. The molecule has 2 aliphatic rings. The lowest BCUT2D eigenvalue weighted by Gasteiger charge is -2.26. The van der Waals surface area contributed by atoms with Crippen LogP contribution in [0.3, 0.4) is 0 Å². The van der Waals surface area contributed by atoms with Crippen LogP contribution >= 0.6 is 12.4 Å². The van der Waals surface area contributed by atoms with Gasteiger partial charge in [-0.05, 0) is 12.5 Å². The number of hydrogen-bond acceptors (Lipinski definition) is 2. The Morgan fingerprint density at radius 3 is 2.67 bits per heavy atom. The van der Waals surface area contributed by atoms with Gasteiger partial charge in [-0.25, -0.2) is 0 Å². The van der Waals surface area contributed by atoms with Crippen LogP contribution in [-0.4, -0.2) is 18.9 Å². The van der Waals surface area contributed by atoms with E-state index in [9.17, 15) is 4.79 Å². The number of ketones is 1. The highest BCUT2D eigenvalue weighted by Gasteiger charge is 2.42. The van der Waals surface area contributed by atoms with E-state index in [0.29, 0.717) is 17.6 Å². The number of Topliss-reactive ketones (excluding diaryl/α,β-unsaturated/α-hetero) is 1. The highest BCUT2D eigenvalue weighted by atomic mass is 35.5. The molecule has 2 rings (SSSR count). The Bertz CT molecular complexity index is 137. The van der Waals surface area contributed by atoms with Gasteiger partial charge in [-0.3, -0.25) is 4.79 Å². The molecule has 1 aliphatic carbocycles. The number of rotatable bonds is 0. The average Bonchev–Trinajstić information content (AvgIpc) is 2.09. The Morgan fingerprint density at radius 1 is 1.44 bits per heavy atom. The van der Waals surface area contributed by atoms with E-state index in [1.807, 2.05) is 0 Å². The molecule has 0 bridgehead atoms. The maximum Gasteiger partial charge on any atom is 0.137 e. The molecule has 0 spiro atoms. The fraction of sp³-hybridized carbons (Fsp3) is 0.833. The Morgan fingerprint density at radius 2 is 2.22 bits per heavy atom. The van der Waals surface area contributed by atoms with E-state index in [2.05, 4.69) is 5.32 Å². The van der Waals surface area contributed by atoms with E-state index in [-0.39, 0.29) is 12.4 Å². The third-order valence-electron chi connectivity index (χ3n) is 2.22. The molecule has 0 aromatic rings. The van der Waals surface area contributed by atoms with Gasteiger partial charge in [-0.1, -0.05) is 0 Å². The molecular formula is C6H10ClNO. The molecule has 1 heterocycles. The van der Waals surface area contributed by atoms with Gasteiger partial charge in [0.2, 0.25) is 0 Å². The smallest absolute Gasteiger partial charge is 0.137 e. The number of halogens is 1. The van der Waals surface area contributed by atoms with Crippen molar-refractivity contribution in [1.82, 2.24) is 5.32 Å². The topological polar surface area (TPSA) is 29.1 Å². The van der Waals surface area contributed by atoms with Crippen LogP contribution < -0.4 is 5.32 Å². The Kier molecular flexibility index (Phi) is 1.78. The van der Waals surface area contributed by atoms with E-state index >= 15 is 0 Å². The molecule has 0 aromatic carbocycles. The molecule has 2 unspecified atom stereocenters. The summed E-state index contributed by atoms with van der Waals surface area (Å²) in [6.07, 6.45) is 0.845. The summed E-state index contributed by atoms with van der Waals surface area (Å²) in [5.41, 5.74) is 0. The van der Waals surface area contributed by atoms with Crippen LogP contribution in [0.25, 0.3) is 0 Å². The molecule has 2 fully saturated rings. The first kappa shape index (κ1) is 7.03. The maximum absolute atomic E-state index is 10.7. The molecule has 52 valence electrons. The van der Waals surface area contributed by atoms with Crippen molar-refractivity contribution in [3.63, 3.8) is 0 Å². The van der Waals surface area contributed by atoms with E-state index < -0.39 is 0 Å². The summed E-state index contributed by atoms with van der Waals surface area (Å²) in [5.74, 6) is 1.59. The van der Waals surface area contributed by atoms with E-state index in [1.54, 1.807) is 0 Å². The zero-order chi connectivity index (χ0) is 5.56. The second kappa shape index (κ2) is 2.27. The zero-order valence-corrected chi connectivity index (χ0v) is 5.91. The van der Waals surface area contributed by atoms with Crippen LogP contribution in [0.1, 0.15) is 6.42 Å². The second-order valence-corrected chi connectivity index (χ2v) is 2.70. The SMILES string of the molecule is Cl.O=C1CC2CNCC12. The Labute approximate surface area is 60.4 Å². The van der Waals surface area contributed by atoms with E-state index in [1.165, 1.54) is 0 Å². The molecule has 0 aromatic heterocycles. The average molecular weight is 148 g/mol. The number of carbonyl (C=O) groups is 1. The number of fused-ring (bicyclic) bond motifs is 1. The van der Waals surface area contributed by atoms with Crippen molar-refractivity contribution in [3.8, 4) is 0 Å². The van der Waals surface area contributed by atoms with Gasteiger partial charge in [0.15, 0.2) is 0 Å². The minimum absolute atomic E-state index is 0. The van der Waals surface area contributed by atoms with Crippen LogP contribution in [0.4, 0.5) is 0 Å². The van der Waals surface area contributed by atoms with Gasteiger partial charge in [-0.2, -0.15) is 0 Å². The van der Waals surface area contributed by atoms with Gasteiger partial charge in [0.1, 0.15) is 5.78 Å². The molecule has 1 N–H and O–H groups in total. The summed E-state index contributed by atoms with van der Waals surface area (Å²) in [6, 6.07) is 0. The molecule has 1 aliphatic heterocycles. The normalized spacial score (nSPS) is 38.9. The fourth-order valence-corrected chi connectivity index (χ4v) is 1.57. The maximum atomic E-state index is 10.7. The molecule has 1 saturated heterocycles. The van der Waals surface area contributed by atoms with E-state index in [4.69, 9.17) is 0 Å². The quantitative estimate of drug-likeness (QED) is 0.531. The third-order valence-corrected chi connectivity index (χ3v) is 2.22. The Balaban J connectivity index is 0.000000405. The molecule has 2 atom stereocenters. The standard InChI is InChI=1S/C6H9NO.ClH/c8-6-1-4-2-7-3-5(4)6;/h4-5,7H,1-3H2;1H. The highest BCUT2D eigenvalue weighted by Crippen LogP contribution is 2.32. The third kappa shape index (κ3) is 0.864. The van der Waals surface area contributed by atoms with Crippen molar-refractivity contribution in [3.05, 3.63) is 0 Å². The molecule has 2 nitrogen and oxygen atoms in total. The molecule has 0 amide bonds. The van der Waals surface area contributed by atoms with E-state index in [0.717, 1.165) is 19.5 Å². The lowest BCUT2D eigenvalue weighted by atomic mass is 9.75. The molecular weight excluding hydrogens is 138 g/mol. The van der Waals surface area contributed by atoms with Crippen LogP contribution in [0.15, 0.2) is 0 Å². The molecule has 9 heavy (non-hydrogen) atoms. The van der Waals surface area contributed by atoms with Crippen molar-refractivity contribution >= 4 is 18.2 Å².